The van der Waals surface area contributed by atoms with E-state index in [1.54, 1.807) is 72.8 Å². The van der Waals surface area contributed by atoms with Gasteiger partial charge in [0, 0.05) is 11.4 Å². The Morgan fingerprint density at radius 3 is 1.38 bits per heavy atom. The van der Waals surface area contributed by atoms with E-state index in [1.807, 2.05) is 0 Å². The topological polar surface area (TPSA) is 93.7 Å². The van der Waals surface area contributed by atoms with Crippen molar-refractivity contribution >= 4 is 23.2 Å². The first-order chi connectivity index (χ1) is 14.2. The summed E-state index contributed by atoms with van der Waals surface area (Å²) >= 11 is 0. The average Bonchev–Trinajstić information content (AvgIpc) is 3.45. The third kappa shape index (κ3) is 4.54. The van der Waals surface area contributed by atoms with Gasteiger partial charge in [0.05, 0.1) is 12.5 Å². The summed E-state index contributed by atoms with van der Waals surface area (Å²) in [5.41, 5.74) is 1.24. The lowest BCUT2D eigenvalue weighted by molar-refractivity contribution is 0.0989. The van der Waals surface area contributed by atoms with Crippen LogP contribution in [-0.2, 0) is 0 Å². The molecule has 4 aromatic rings. The number of furan rings is 2. The summed E-state index contributed by atoms with van der Waals surface area (Å²) in [5.74, 6) is 1.04. The van der Waals surface area contributed by atoms with Crippen molar-refractivity contribution in [1.82, 2.24) is 0 Å². The summed E-state index contributed by atoms with van der Waals surface area (Å²) in [6.07, 6.45) is 2.89. The molecule has 0 spiro atoms. The van der Waals surface area contributed by atoms with Gasteiger partial charge in [-0.3, -0.25) is 9.59 Å². The first-order valence-electron chi connectivity index (χ1n) is 8.75. The zero-order valence-corrected chi connectivity index (χ0v) is 15.1. The second kappa shape index (κ2) is 8.18. The van der Waals surface area contributed by atoms with Crippen LogP contribution in [0.4, 0.5) is 11.4 Å². The van der Waals surface area contributed by atoms with Crippen LogP contribution in [0.1, 0.15) is 21.1 Å². The first-order valence-corrected chi connectivity index (χ1v) is 8.75. The minimum atomic E-state index is -0.323. The van der Waals surface area contributed by atoms with Gasteiger partial charge in [-0.05, 0) is 72.8 Å². The summed E-state index contributed by atoms with van der Waals surface area (Å²) in [6.45, 7) is 0. The zero-order chi connectivity index (χ0) is 20.1. The van der Waals surface area contributed by atoms with Crippen molar-refractivity contribution in [3.05, 3.63) is 96.8 Å². The number of amides is 2. The quantitative estimate of drug-likeness (QED) is 0.475. The number of benzene rings is 2. The molecule has 0 saturated carbocycles. The van der Waals surface area contributed by atoms with Gasteiger partial charge in [-0.15, -0.1) is 0 Å². The molecule has 2 amide bonds. The molecule has 7 nitrogen and oxygen atoms in total. The molecule has 2 aromatic carbocycles. The standard InChI is InChI=1S/C22H16N2O5/c25-21(19-3-1-13-27-19)23-15-5-9-17(10-6-15)29-18-11-7-16(8-12-18)24-22(26)20-4-2-14-28-20/h1-14H,(H,23,25)(H,24,26). The van der Waals surface area contributed by atoms with E-state index in [4.69, 9.17) is 13.6 Å². The van der Waals surface area contributed by atoms with Crippen LogP contribution in [0.5, 0.6) is 11.5 Å². The zero-order valence-electron chi connectivity index (χ0n) is 15.1. The van der Waals surface area contributed by atoms with E-state index in [0.717, 1.165) is 0 Å². The lowest BCUT2D eigenvalue weighted by Crippen LogP contribution is -2.10. The Balaban J connectivity index is 1.34. The van der Waals surface area contributed by atoms with E-state index in [1.165, 1.54) is 12.5 Å². The minimum absolute atomic E-state index is 0.240. The number of rotatable bonds is 6. The molecular weight excluding hydrogens is 372 g/mol. The van der Waals surface area contributed by atoms with Gasteiger partial charge < -0.3 is 24.2 Å². The normalized spacial score (nSPS) is 10.3. The SMILES string of the molecule is O=C(Nc1ccc(Oc2ccc(NC(=O)c3ccco3)cc2)cc1)c1ccco1. The number of nitrogens with one attached hydrogen (secondary N) is 2. The van der Waals surface area contributed by atoms with Crippen molar-refractivity contribution in [2.24, 2.45) is 0 Å². The van der Waals surface area contributed by atoms with E-state index in [2.05, 4.69) is 10.6 Å². The molecule has 0 atom stereocenters. The summed E-state index contributed by atoms with van der Waals surface area (Å²) < 4.78 is 15.9. The number of ether oxygens (including phenoxy) is 1. The second-order valence-corrected chi connectivity index (χ2v) is 6.01. The fourth-order valence-electron chi connectivity index (χ4n) is 2.55. The number of hydrogen-bond donors (Lipinski definition) is 2. The molecule has 4 rings (SSSR count). The molecule has 2 N–H and O–H groups in total. The Morgan fingerprint density at radius 2 is 1.03 bits per heavy atom. The number of carbonyl (C=O) groups is 2. The number of anilines is 2. The third-order valence-corrected chi connectivity index (χ3v) is 3.95. The van der Waals surface area contributed by atoms with Gasteiger partial charge in [-0.25, -0.2) is 0 Å². The summed E-state index contributed by atoms with van der Waals surface area (Å²) in [5, 5.41) is 5.47. The summed E-state index contributed by atoms with van der Waals surface area (Å²) in [4.78, 5) is 23.9. The Morgan fingerprint density at radius 1 is 0.621 bits per heavy atom. The Bertz CT molecular complexity index is 994. The van der Waals surface area contributed by atoms with Crippen LogP contribution in [0.3, 0.4) is 0 Å². The second-order valence-electron chi connectivity index (χ2n) is 6.01. The van der Waals surface area contributed by atoms with Crippen LogP contribution in [0.2, 0.25) is 0 Å². The highest BCUT2D eigenvalue weighted by atomic mass is 16.5. The van der Waals surface area contributed by atoms with Crippen molar-refractivity contribution in [2.45, 2.75) is 0 Å². The smallest absolute Gasteiger partial charge is 0.291 e. The molecule has 0 aliphatic carbocycles. The van der Waals surface area contributed by atoms with Gasteiger partial charge >= 0.3 is 0 Å². The molecular formula is C22H16N2O5. The highest BCUT2D eigenvalue weighted by Crippen LogP contribution is 2.25. The fourth-order valence-corrected chi connectivity index (χ4v) is 2.55. The lowest BCUT2D eigenvalue weighted by atomic mass is 10.2. The number of hydrogen-bond acceptors (Lipinski definition) is 5. The maximum absolute atomic E-state index is 12.0. The van der Waals surface area contributed by atoms with Crippen LogP contribution in [0.15, 0.2) is 94.2 Å². The molecule has 29 heavy (non-hydrogen) atoms. The molecule has 144 valence electrons. The molecule has 7 heteroatoms. The highest BCUT2D eigenvalue weighted by molar-refractivity contribution is 6.02. The monoisotopic (exact) mass is 388 g/mol. The largest absolute Gasteiger partial charge is 0.459 e. The Hall–Kier alpha value is -4.26. The highest BCUT2D eigenvalue weighted by Gasteiger charge is 2.10. The van der Waals surface area contributed by atoms with E-state index >= 15 is 0 Å². The average molecular weight is 388 g/mol. The van der Waals surface area contributed by atoms with Crippen LogP contribution in [0.25, 0.3) is 0 Å². The van der Waals surface area contributed by atoms with Gasteiger partial charge in [0.2, 0.25) is 0 Å². The van der Waals surface area contributed by atoms with Crippen molar-refractivity contribution in [3.8, 4) is 11.5 Å². The third-order valence-electron chi connectivity index (χ3n) is 3.95. The molecule has 0 saturated heterocycles. The maximum atomic E-state index is 12.0. The van der Waals surface area contributed by atoms with Gasteiger partial charge in [0.1, 0.15) is 11.5 Å². The molecule has 0 unspecified atom stereocenters. The van der Waals surface area contributed by atoms with Crippen molar-refractivity contribution in [2.75, 3.05) is 10.6 Å². The van der Waals surface area contributed by atoms with E-state index < -0.39 is 0 Å². The molecule has 2 aromatic heterocycles. The van der Waals surface area contributed by atoms with Crippen molar-refractivity contribution < 1.29 is 23.2 Å². The number of carbonyl (C=O) groups excluding carboxylic acids is 2. The van der Waals surface area contributed by atoms with E-state index in [9.17, 15) is 9.59 Å². The molecule has 0 aliphatic rings. The van der Waals surface area contributed by atoms with Crippen molar-refractivity contribution in [3.63, 3.8) is 0 Å². The van der Waals surface area contributed by atoms with Crippen LogP contribution >= 0.6 is 0 Å². The molecule has 0 aliphatic heterocycles. The minimum Gasteiger partial charge on any atom is -0.459 e. The van der Waals surface area contributed by atoms with Crippen molar-refractivity contribution in [1.29, 1.82) is 0 Å². The van der Waals surface area contributed by atoms with Crippen LogP contribution in [0, 0.1) is 0 Å². The van der Waals surface area contributed by atoms with Gasteiger partial charge in [-0.1, -0.05) is 0 Å². The van der Waals surface area contributed by atoms with Gasteiger partial charge in [0.15, 0.2) is 11.5 Å². The lowest BCUT2D eigenvalue weighted by Gasteiger charge is -2.09. The predicted molar refractivity (Wildman–Crippen MR) is 106 cm³/mol. The molecule has 0 radical (unpaired) electrons. The Labute approximate surface area is 165 Å². The van der Waals surface area contributed by atoms with Gasteiger partial charge in [0.25, 0.3) is 11.8 Å². The predicted octanol–water partition coefficient (Wildman–Crippen LogP) is 5.17. The molecule has 0 bridgehead atoms. The van der Waals surface area contributed by atoms with Gasteiger partial charge in [-0.2, -0.15) is 0 Å². The van der Waals surface area contributed by atoms with Crippen LogP contribution < -0.4 is 15.4 Å². The summed E-state index contributed by atoms with van der Waals surface area (Å²) in [6, 6.07) is 20.4. The molecule has 2 heterocycles. The maximum Gasteiger partial charge on any atom is 0.291 e. The molecule has 0 fully saturated rings. The summed E-state index contributed by atoms with van der Waals surface area (Å²) in [7, 11) is 0. The van der Waals surface area contributed by atoms with Crippen LogP contribution in [-0.4, -0.2) is 11.8 Å². The first kappa shape index (κ1) is 18.1. The van der Waals surface area contributed by atoms with E-state index in [0.29, 0.717) is 22.9 Å². The Kier molecular flexibility index (Phi) is 5.11. The van der Waals surface area contributed by atoms with E-state index in [-0.39, 0.29) is 23.3 Å². The fraction of sp³-hybridized carbons (Fsp3) is 0.